The minimum Gasteiger partial charge on any atom is -0.298 e. The summed E-state index contributed by atoms with van der Waals surface area (Å²) in [5, 5.41) is 4.48. The van der Waals surface area contributed by atoms with E-state index >= 15 is 0 Å². The quantitative estimate of drug-likeness (QED) is 0.844. The van der Waals surface area contributed by atoms with Gasteiger partial charge in [-0.3, -0.25) is 9.58 Å². The first-order valence-corrected chi connectivity index (χ1v) is 8.30. The molecule has 4 heteroatoms. The van der Waals surface area contributed by atoms with Gasteiger partial charge in [-0.15, -0.1) is 0 Å². The highest BCUT2D eigenvalue weighted by molar-refractivity contribution is 7.99. The first-order chi connectivity index (χ1) is 9.81. The number of hydrogen-bond acceptors (Lipinski definition) is 3. The Hall–Kier alpha value is -1.26. The Kier molecular flexibility index (Phi) is 4.43. The van der Waals surface area contributed by atoms with Crippen LogP contribution in [0.1, 0.15) is 17.5 Å². The van der Waals surface area contributed by atoms with Crippen LogP contribution in [0.25, 0.3) is 0 Å². The Morgan fingerprint density at radius 3 is 2.90 bits per heavy atom. The van der Waals surface area contributed by atoms with Crippen LogP contribution < -0.4 is 0 Å². The Labute approximate surface area is 125 Å². The van der Waals surface area contributed by atoms with E-state index in [9.17, 15) is 0 Å². The molecule has 1 saturated heterocycles. The first-order valence-electron chi connectivity index (χ1n) is 7.14. The van der Waals surface area contributed by atoms with Gasteiger partial charge in [0.25, 0.3) is 0 Å². The number of nitrogens with zero attached hydrogens (tertiary/aromatic N) is 3. The molecule has 0 bridgehead atoms. The predicted octanol–water partition coefficient (Wildman–Crippen LogP) is 2.87. The van der Waals surface area contributed by atoms with E-state index in [0.29, 0.717) is 0 Å². The van der Waals surface area contributed by atoms with Gasteiger partial charge in [-0.05, 0) is 24.8 Å². The highest BCUT2D eigenvalue weighted by Gasteiger charge is 2.20. The number of rotatable bonds is 5. The minimum atomic E-state index is 0.734. The van der Waals surface area contributed by atoms with Crippen LogP contribution in [0.2, 0.25) is 0 Å². The average molecular weight is 287 g/mol. The maximum Gasteiger partial charge on any atom is 0.0659 e. The molecule has 0 unspecified atom stereocenters. The van der Waals surface area contributed by atoms with Crippen molar-refractivity contribution in [2.75, 3.05) is 18.6 Å². The van der Waals surface area contributed by atoms with Crippen LogP contribution in [0.15, 0.2) is 42.7 Å². The molecule has 0 N–H and O–H groups in total. The van der Waals surface area contributed by atoms with Gasteiger partial charge in [0, 0.05) is 30.1 Å². The normalized spacial score (nSPS) is 18.8. The molecule has 0 aliphatic carbocycles. The molecule has 0 saturated carbocycles. The van der Waals surface area contributed by atoms with Gasteiger partial charge >= 0.3 is 0 Å². The molecule has 1 aromatic carbocycles. The van der Waals surface area contributed by atoms with E-state index in [1.807, 2.05) is 16.9 Å². The Morgan fingerprint density at radius 2 is 2.15 bits per heavy atom. The molecule has 1 aliphatic rings. The van der Waals surface area contributed by atoms with Crippen LogP contribution in [0, 0.1) is 0 Å². The highest BCUT2D eigenvalue weighted by atomic mass is 32.2. The van der Waals surface area contributed by atoms with Crippen molar-refractivity contribution in [3.63, 3.8) is 0 Å². The molecule has 1 aromatic heterocycles. The van der Waals surface area contributed by atoms with E-state index in [4.69, 9.17) is 0 Å². The highest BCUT2D eigenvalue weighted by Crippen LogP contribution is 2.22. The smallest absolute Gasteiger partial charge is 0.0659 e. The average Bonchev–Trinajstić information content (AvgIpc) is 3.11. The monoisotopic (exact) mass is 287 g/mol. The Bertz CT molecular complexity index is 532. The topological polar surface area (TPSA) is 21.1 Å². The molecule has 20 heavy (non-hydrogen) atoms. The van der Waals surface area contributed by atoms with Gasteiger partial charge in [0.15, 0.2) is 0 Å². The summed E-state index contributed by atoms with van der Waals surface area (Å²) in [6.07, 6.45) is 5.49. The number of hydrogen-bond donors (Lipinski definition) is 0. The van der Waals surface area contributed by atoms with Crippen molar-refractivity contribution in [1.82, 2.24) is 14.7 Å². The van der Waals surface area contributed by atoms with E-state index in [2.05, 4.69) is 59.3 Å². The zero-order valence-corrected chi connectivity index (χ0v) is 12.7. The number of thioether (sulfide) groups is 1. The summed E-state index contributed by atoms with van der Waals surface area (Å²) < 4.78 is 2.03. The number of aromatic nitrogens is 2. The molecule has 1 aliphatic heterocycles. The molecule has 0 amide bonds. The van der Waals surface area contributed by atoms with Gasteiger partial charge in [-0.2, -0.15) is 16.9 Å². The minimum absolute atomic E-state index is 0.734. The molecule has 3 rings (SSSR count). The zero-order valence-electron chi connectivity index (χ0n) is 11.9. The van der Waals surface area contributed by atoms with Crippen molar-refractivity contribution in [3.05, 3.63) is 53.9 Å². The van der Waals surface area contributed by atoms with Crippen molar-refractivity contribution in [3.8, 4) is 0 Å². The molecule has 1 fully saturated rings. The SMILES string of the molecule is CN(Cc1cnn(Cc2ccccc2)c1)[C@@H]1CCSC1. The summed E-state index contributed by atoms with van der Waals surface area (Å²) in [6.45, 7) is 1.85. The fraction of sp³-hybridized carbons (Fsp3) is 0.438. The van der Waals surface area contributed by atoms with Gasteiger partial charge in [0.05, 0.1) is 12.7 Å². The molecule has 1 atom stereocenters. The summed E-state index contributed by atoms with van der Waals surface area (Å²) in [5.74, 6) is 2.58. The van der Waals surface area contributed by atoms with E-state index in [-0.39, 0.29) is 0 Å². The number of benzene rings is 1. The van der Waals surface area contributed by atoms with Gasteiger partial charge in [-0.25, -0.2) is 0 Å². The molecular formula is C16H21N3S. The molecule has 0 radical (unpaired) electrons. The fourth-order valence-corrected chi connectivity index (χ4v) is 3.93. The van der Waals surface area contributed by atoms with Gasteiger partial charge in [0.1, 0.15) is 0 Å². The lowest BCUT2D eigenvalue weighted by atomic mass is 10.2. The summed E-state index contributed by atoms with van der Waals surface area (Å²) >= 11 is 2.07. The molecular weight excluding hydrogens is 266 g/mol. The van der Waals surface area contributed by atoms with Crippen molar-refractivity contribution in [2.24, 2.45) is 0 Å². The standard InChI is InChI=1S/C16H21N3S/c1-18(16-7-8-20-13-16)10-15-9-17-19(12-15)11-14-5-3-2-4-6-14/h2-6,9,12,16H,7-8,10-11,13H2,1H3/t16-/m1/s1. The van der Waals surface area contributed by atoms with Crippen molar-refractivity contribution >= 4 is 11.8 Å². The third-order valence-corrected chi connectivity index (χ3v) is 4.98. The third-order valence-electron chi connectivity index (χ3n) is 3.84. The third kappa shape index (κ3) is 3.44. The molecule has 3 nitrogen and oxygen atoms in total. The van der Waals surface area contributed by atoms with E-state index < -0.39 is 0 Å². The van der Waals surface area contributed by atoms with E-state index in [1.165, 1.54) is 29.1 Å². The van der Waals surface area contributed by atoms with E-state index in [1.54, 1.807) is 0 Å². The van der Waals surface area contributed by atoms with Crippen molar-refractivity contribution in [1.29, 1.82) is 0 Å². The van der Waals surface area contributed by atoms with Crippen LogP contribution in [0.5, 0.6) is 0 Å². The second-order valence-corrected chi connectivity index (χ2v) is 6.61. The lowest BCUT2D eigenvalue weighted by Crippen LogP contribution is -2.30. The van der Waals surface area contributed by atoms with Crippen LogP contribution >= 0.6 is 11.8 Å². The lowest BCUT2D eigenvalue weighted by molar-refractivity contribution is 0.254. The summed E-state index contributed by atoms with van der Waals surface area (Å²) in [4.78, 5) is 2.46. The lowest BCUT2D eigenvalue weighted by Gasteiger charge is -2.22. The zero-order chi connectivity index (χ0) is 13.8. The fourth-order valence-electron chi connectivity index (χ4n) is 2.63. The van der Waals surface area contributed by atoms with Crippen LogP contribution in [-0.4, -0.2) is 39.3 Å². The van der Waals surface area contributed by atoms with Crippen LogP contribution in [0.3, 0.4) is 0 Å². The molecule has 0 spiro atoms. The molecule has 2 aromatic rings. The molecule has 2 heterocycles. The van der Waals surface area contributed by atoms with Crippen molar-refractivity contribution < 1.29 is 0 Å². The summed E-state index contributed by atoms with van der Waals surface area (Å²) in [5.41, 5.74) is 2.60. The van der Waals surface area contributed by atoms with Gasteiger partial charge < -0.3 is 0 Å². The largest absolute Gasteiger partial charge is 0.298 e. The molecule has 106 valence electrons. The van der Waals surface area contributed by atoms with Crippen LogP contribution in [-0.2, 0) is 13.1 Å². The predicted molar refractivity (Wildman–Crippen MR) is 85.0 cm³/mol. The summed E-state index contributed by atoms with van der Waals surface area (Å²) in [6, 6.07) is 11.2. The summed E-state index contributed by atoms with van der Waals surface area (Å²) in [7, 11) is 2.23. The first kappa shape index (κ1) is 13.7. The maximum atomic E-state index is 4.48. The second-order valence-electron chi connectivity index (χ2n) is 5.46. The van der Waals surface area contributed by atoms with Gasteiger partial charge in [-0.1, -0.05) is 30.3 Å². The van der Waals surface area contributed by atoms with Gasteiger partial charge in [0.2, 0.25) is 0 Å². The van der Waals surface area contributed by atoms with E-state index in [0.717, 1.165) is 19.1 Å². The Morgan fingerprint density at radius 1 is 1.30 bits per heavy atom. The maximum absolute atomic E-state index is 4.48. The Balaban J connectivity index is 1.59. The second kappa shape index (κ2) is 6.46. The van der Waals surface area contributed by atoms with Crippen LogP contribution in [0.4, 0.5) is 0 Å². The van der Waals surface area contributed by atoms with Crippen molar-refractivity contribution in [2.45, 2.75) is 25.6 Å².